The minimum Gasteiger partial charge on any atom is -0.204 e. The van der Waals surface area contributed by atoms with E-state index in [9.17, 15) is 16.8 Å². The van der Waals surface area contributed by atoms with E-state index in [0.29, 0.717) is 3.71 Å². The zero-order chi connectivity index (χ0) is 15.5. The van der Waals surface area contributed by atoms with Gasteiger partial charge in [-0.25, -0.2) is 16.8 Å². The van der Waals surface area contributed by atoms with Crippen LogP contribution in [-0.4, -0.2) is 22.0 Å². The van der Waals surface area contributed by atoms with Crippen molar-refractivity contribution in [3.8, 4) is 0 Å². The van der Waals surface area contributed by atoms with Gasteiger partial charge in [-0.15, -0.1) is 11.6 Å². The van der Waals surface area contributed by atoms with Gasteiger partial charge in [-0.05, 0) is 24.3 Å². The van der Waals surface area contributed by atoms with Crippen LogP contribution in [0, 0.1) is 0 Å². The van der Waals surface area contributed by atoms with E-state index in [2.05, 4.69) is 0 Å². The van der Waals surface area contributed by atoms with Crippen molar-refractivity contribution in [2.75, 3.05) is 8.92 Å². The Morgan fingerprint density at radius 2 is 1.29 bits per heavy atom. The van der Waals surface area contributed by atoms with Gasteiger partial charge >= 0.3 is 0 Å². The van der Waals surface area contributed by atoms with E-state index in [-0.39, 0.29) is 10.6 Å². The predicted octanol–water partition coefficient (Wildman–Crippen LogP) is 2.41. The summed E-state index contributed by atoms with van der Waals surface area (Å²) >= 11 is 5.44. The molecule has 5 nitrogen and oxygen atoms in total. The lowest BCUT2D eigenvalue weighted by atomic mass is 10.3. The maximum absolute atomic E-state index is 12.6. The van der Waals surface area contributed by atoms with Crippen LogP contribution in [-0.2, 0) is 20.0 Å². The smallest absolute Gasteiger partial charge is 0.204 e. The zero-order valence-electron chi connectivity index (χ0n) is 10.8. The van der Waals surface area contributed by atoms with Crippen LogP contribution < -0.4 is 3.71 Å². The first kappa shape index (κ1) is 15.8. The second-order valence-electron chi connectivity index (χ2n) is 4.07. The lowest BCUT2D eigenvalue weighted by Gasteiger charge is -2.22. The summed E-state index contributed by atoms with van der Waals surface area (Å²) in [7, 11) is -8.47. The molecule has 2 rings (SSSR count). The molecule has 21 heavy (non-hydrogen) atoms. The zero-order valence-corrected chi connectivity index (χ0v) is 13.1. The molecule has 0 saturated carbocycles. The fraction of sp³-hybridized carbons (Fsp3) is 0.0769. The molecule has 0 N–H and O–H groups in total. The summed E-state index contributed by atoms with van der Waals surface area (Å²) in [6.07, 6.45) is 0. The molecule has 0 aliphatic carbocycles. The number of hydrogen-bond acceptors (Lipinski definition) is 4. The normalized spacial score (nSPS) is 12.0. The third kappa shape index (κ3) is 3.20. The van der Waals surface area contributed by atoms with Gasteiger partial charge in [0.15, 0.2) is 0 Å². The van der Waals surface area contributed by atoms with Crippen LogP contribution in [0.1, 0.15) is 0 Å². The van der Waals surface area contributed by atoms with Gasteiger partial charge in [-0.1, -0.05) is 36.4 Å². The van der Waals surface area contributed by atoms with E-state index in [1.165, 1.54) is 36.4 Å². The number of sulfonamides is 2. The average Bonchev–Trinajstić information content (AvgIpc) is 2.49. The van der Waals surface area contributed by atoms with Gasteiger partial charge in [0.1, 0.15) is 5.21 Å². The van der Waals surface area contributed by atoms with E-state index in [4.69, 9.17) is 11.6 Å². The molecule has 8 heteroatoms. The third-order valence-corrected chi connectivity index (χ3v) is 7.22. The van der Waals surface area contributed by atoms with Crippen molar-refractivity contribution in [3.05, 3.63) is 60.7 Å². The Hall–Kier alpha value is -1.57. The van der Waals surface area contributed by atoms with Gasteiger partial charge in [0.25, 0.3) is 20.0 Å². The van der Waals surface area contributed by atoms with Crippen LogP contribution in [0.25, 0.3) is 0 Å². The Morgan fingerprint density at radius 3 is 1.76 bits per heavy atom. The van der Waals surface area contributed by atoms with Gasteiger partial charge in [0, 0.05) is 0 Å². The lowest BCUT2D eigenvalue weighted by Crippen LogP contribution is -2.37. The van der Waals surface area contributed by atoms with Crippen molar-refractivity contribution in [2.45, 2.75) is 4.90 Å². The van der Waals surface area contributed by atoms with Gasteiger partial charge in [-0.3, -0.25) is 0 Å². The molecule has 0 amide bonds. The highest BCUT2D eigenvalue weighted by Gasteiger charge is 2.34. The number of alkyl halides is 1. The number of halogens is 1. The van der Waals surface area contributed by atoms with Crippen LogP contribution in [0.15, 0.2) is 65.6 Å². The molecule has 2 aromatic carbocycles. The van der Waals surface area contributed by atoms with Crippen LogP contribution in [0.3, 0.4) is 0 Å². The molecule has 0 spiro atoms. The average molecular weight is 346 g/mol. The summed E-state index contributed by atoms with van der Waals surface area (Å²) in [5.41, 5.74) is 0.0157. The SMILES string of the molecule is O=S(=O)(CCl)N(c1ccccc1)S(=O)(=O)c1ccccc1. The Kier molecular flexibility index (Phi) is 4.55. The summed E-state index contributed by atoms with van der Waals surface area (Å²) in [6, 6.07) is 14.9. The minimum absolute atomic E-state index is 0.0157. The molecule has 2 aromatic rings. The number of rotatable bonds is 5. The number of hydrogen-bond donors (Lipinski definition) is 0. The summed E-state index contributed by atoms with van der Waals surface area (Å²) in [5.74, 6) is 0. The molecule has 0 saturated heterocycles. The van der Waals surface area contributed by atoms with E-state index >= 15 is 0 Å². The molecule has 112 valence electrons. The second kappa shape index (κ2) is 6.05. The Balaban J connectivity index is 2.68. The first-order valence-electron chi connectivity index (χ1n) is 5.84. The van der Waals surface area contributed by atoms with Gasteiger partial charge in [0.05, 0.1) is 10.6 Å². The highest BCUT2D eigenvalue weighted by Crippen LogP contribution is 2.27. The first-order valence-corrected chi connectivity index (χ1v) is 9.42. The summed E-state index contributed by atoms with van der Waals surface area (Å²) in [6.45, 7) is 0. The highest BCUT2D eigenvalue weighted by atomic mass is 35.5. The first-order chi connectivity index (χ1) is 9.89. The van der Waals surface area contributed by atoms with Crippen molar-refractivity contribution in [2.24, 2.45) is 0 Å². The number of anilines is 1. The maximum atomic E-state index is 12.6. The van der Waals surface area contributed by atoms with Crippen molar-refractivity contribution < 1.29 is 16.8 Å². The van der Waals surface area contributed by atoms with E-state index < -0.39 is 25.3 Å². The molecule has 0 aliphatic heterocycles. The topological polar surface area (TPSA) is 71.5 Å². The van der Waals surface area contributed by atoms with Crippen LogP contribution in [0.4, 0.5) is 5.69 Å². The second-order valence-corrected chi connectivity index (χ2v) is 8.49. The minimum atomic E-state index is -4.26. The molecular weight excluding hydrogens is 334 g/mol. The van der Waals surface area contributed by atoms with Crippen molar-refractivity contribution in [1.29, 1.82) is 0 Å². The largest absolute Gasteiger partial charge is 0.277 e. The Bertz CT molecular complexity index is 806. The number of benzene rings is 2. The molecule has 0 fully saturated rings. The molecular formula is C13H12ClNO4S2. The van der Waals surface area contributed by atoms with Gasteiger partial charge in [0.2, 0.25) is 0 Å². The van der Waals surface area contributed by atoms with Crippen molar-refractivity contribution in [1.82, 2.24) is 0 Å². The Morgan fingerprint density at radius 1 is 0.810 bits per heavy atom. The molecule has 0 bridgehead atoms. The summed E-state index contributed by atoms with van der Waals surface area (Å²) in [5, 5.41) is -0.839. The molecule has 0 radical (unpaired) electrons. The van der Waals surface area contributed by atoms with Crippen molar-refractivity contribution in [3.63, 3.8) is 0 Å². The third-order valence-electron chi connectivity index (χ3n) is 2.62. The maximum Gasteiger partial charge on any atom is 0.277 e. The van der Waals surface area contributed by atoms with Crippen LogP contribution >= 0.6 is 11.6 Å². The predicted molar refractivity (Wildman–Crippen MR) is 82.2 cm³/mol. The van der Waals surface area contributed by atoms with E-state index in [1.54, 1.807) is 24.3 Å². The lowest BCUT2D eigenvalue weighted by molar-refractivity contribution is 0.586. The number of nitrogens with zero attached hydrogens (tertiary/aromatic N) is 1. The molecule has 0 aromatic heterocycles. The van der Waals surface area contributed by atoms with Gasteiger partial charge in [-0.2, -0.15) is 3.71 Å². The van der Waals surface area contributed by atoms with Crippen LogP contribution in [0.5, 0.6) is 0 Å². The molecule has 0 heterocycles. The molecule has 0 atom stereocenters. The monoisotopic (exact) mass is 345 g/mol. The van der Waals surface area contributed by atoms with E-state index in [0.717, 1.165) is 0 Å². The van der Waals surface area contributed by atoms with Gasteiger partial charge < -0.3 is 0 Å². The quantitative estimate of drug-likeness (QED) is 0.780. The highest BCUT2D eigenvalue weighted by molar-refractivity contribution is 8.10. The molecule has 0 aliphatic rings. The number of para-hydroxylation sites is 1. The standard InChI is InChI=1S/C13H12ClNO4S2/c14-11-20(16,17)15(12-7-3-1-4-8-12)21(18,19)13-9-5-2-6-10-13/h1-10H,11H2. The molecule has 0 unspecified atom stereocenters. The summed E-state index contributed by atoms with van der Waals surface area (Å²) < 4.78 is 49.9. The van der Waals surface area contributed by atoms with E-state index in [1.807, 2.05) is 0 Å². The fourth-order valence-corrected chi connectivity index (χ4v) is 5.43. The van der Waals surface area contributed by atoms with Crippen molar-refractivity contribution >= 4 is 37.3 Å². The summed E-state index contributed by atoms with van der Waals surface area (Å²) in [4.78, 5) is -0.123. The van der Waals surface area contributed by atoms with Crippen LogP contribution in [0.2, 0.25) is 0 Å². The Labute approximate surface area is 128 Å². The fourth-order valence-electron chi connectivity index (χ4n) is 1.73.